The van der Waals surface area contributed by atoms with Gasteiger partial charge in [-0.1, -0.05) is 18.9 Å². The molecule has 1 N–H and O–H groups in total. The van der Waals surface area contributed by atoms with E-state index in [0.29, 0.717) is 17.4 Å². The molecule has 140 valence electrons. The van der Waals surface area contributed by atoms with Crippen molar-refractivity contribution in [3.63, 3.8) is 0 Å². The van der Waals surface area contributed by atoms with Crippen LogP contribution in [0.3, 0.4) is 0 Å². The molecule has 1 aromatic heterocycles. The molecular weight excluding hydrogens is 350 g/mol. The lowest BCUT2D eigenvalue weighted by molar-refractivity contribution is 0.0621. The van der Waals surface area contributed by atoms with Gasteiger partial charge in [0.1, 0.15) is 5.52 Å². The first-order valence-corrected chi connectivity index (χ1v) is 9.70. The van der Waals surface area contributed by atoms with Gasteiger partial charge in [-0.15, -0.1) is 12.4 Å². The number of amides is 1. The van der Waals surface area contributed by atoms with E-state index in [1.165, 1.54) is 38.8 Å². The molecule has 26 heavy (non-hydrogen) atoms. The van der Waals surface area contributed by atoms with Crippen LogP contribution in [0.25, 0.3) is 11.1 Å². The lowest BCUT2D eigenvalue weighted by Gasteiger charge is -2.44. The monoisotopic (exact) mass is 375 g/mol. The van der Waals surface area contributed by atoms with Crippen molar-refractivity contribution in [2.45, 2.75) is 50.5 Å². The summed E-state index contributed by atoms with van der Waals surface area (Å²) in [6.45, 7) is 3.35. The zero-order valence-electron chi connectivity index (χ0n) is 14.9. The van der Waals surface area contributed by atoms with Crippen LogP contribution in [0.5, 0.6) is 0 Å². The maximum atomic E-state index is 12.9. The maximum Gasteiger partial charge on any atom is 0.253 e. The van der Waals surface area contributed by atoms with Gasteiger partial charge in [-0.05, 0) is 56.8 Å². The van der Waals surface area contributed by atoms with Crippen molar-refractivity contribution < 1.29 is 9.21 Å². The Balaban J connectivity index is 0.00000168. The molecule has 6 heteroatoms. The van der Waals surface area contributed by atoms with Crippen molar-refractivity contribution in [2.24, 2.45) is 5.92 Å². The molecule has 1 aromatic carbocycles. The number of hydrogen-bond donors (Lipinski definition) is 1. The third-order valence-electron chi connectivity index (χ3n) is 6.36. The Hall–Kier alpha value is -1.59. The predicted molar refractivity (Wildman–Crippen MR) is 103 cm³/mol. The molecule has 6 rings (SSSR count). The number of nitrogens with one attached hydrogen (secondary N) is 1. The van der Waals surface area contributed by atoms with Crippen LogP contribution >= 0.6 is 12.4 Å². The molecule has 0 spiro atoms. The largest absolute Gasteiger partial charge is 0.440 e. The summed E-state index contributed by atoms with van der Waals surface area (Å²) in [4.78, 5) is 20.1. The van der Waals surface area contributed by atoms with Crippen LogP contribution in [0.4, 0.5) is 0 Å². The summed E-state index contributed by atoms with van der Waals surface area (Å²) in [6, 6.07) is 5.97. The summed E-state index contributed by atoms with van der Waals surface area (Å²) in [5.41, 5.74) is 2.12. The minimum atomic E-state index is -0.00405. The summed E-state index contributed by atoms with van der Waals surface area (Å²) < 4.78 is 5.98. The van der Waals surface area contributed by atoms with Crippen molar-refractivity contribution in [1.29, 1.82) is 0 Å². The quantitative estimate of drug-likeness (QED) is 0.888. The van der Waals surface area contributed by atoms with Crippen molar-refractivity contribution in [3.8, 4) is 0 Å². The lowest BCUT2D eigenvalue weighted by atomic mass is 9.84. The highest BCUT2D eigenvalue weighted by Crippen LogP contribution is 2.35. The molecule has 4 fully saturated rings. The van der Waals surface area contributed by atoms with Crippen molar-refractivity contribution in [2.75, 3.05) is 19.6 Å². The molecule has 1 atom stereocenters. The molecule has 3 saturated heterocycles. The van der Waals surface area contributed by atoms with Crippen molar-refractivity contribution >= 4 is 29.4 Å². The second kappa shape index (κ2) is 7.20. The first kappa shape index (κ1) is 17.8. The Labute approximate surface area is 159 Å². The van der Waals surface area contributed by atoms with Crippen molar-refractivity contribution in [3.05, 3.63) is 29.7 Å². The van der Waals surface area contributed by atoms with Gasteiger partial charge in [0.25, 0.3) is 5.91 Å². The third-order valence-corrected chi connectivity index (χ3v) is 6.36. The van der Waals surface area contributed by atoms with Gasteiger partial charge in [0, 0.05) is 18.5 Å². The molecule has 4 aliphatic rings. The molecule has 1 saturated carbocycles. The third kappa shape index (κ3) is 3.12. The highest BCUT2D eigenvalue weighted by molar-refractivity contribution is 6.04. The van der Waals surface area contributed by atoms with Crippen LogP contribution in [0.1, 0.15) is 60.7 Å². The van der Waals surface area contributed by atoms with Gasteiger partial charge in [0.2, 0.25) is 0 Å². The van der Waals surface area contributed by atoms with Crippen LogP contribution in [-0.2, 0) is 0 Å². The average molecular weight is 376 g/mol. The zero-order chi connectivity index (χ0) is 16.8. The molecule has 5 nitrogen and oxygen atoms in total. The number of para-hydroxylation sites is 1. The van der Waals surface area contributed by atoms with Gasteiger partial charge in [0.15, 0.2) is 11.5 Å². The summed E-state index contributed by atoms with van der Waals surface area (Å²) >= 11 is 0. The molecule has 4 heterocycles. The van der Waals surface area contributed by atoms with E-state index in [0.717, 1.165) is 36.4 Å². The molecule has 1 amide bonds. The van der Waals surface area contributed by atoms with Gasteiger partial charge >= 0.3 is 0 Å². The summed E-state index contributed by atoms with van der Waals surface area (Å²) in [5, 5.41) is 3.28. The first-order chi connectivity index (χ1) is 12.3. The smallest absolute Gasteiger partial charge is 0.253 e. The van der Waals surface area contributed by atoms with Crippen LogP contribution in [0.15, 0.2) is 22.6 Å². The number of hydrogen-bond acceptors (Lipinski definition) is 4. The SMILES string of the molecule is Cl.O=C(NC1CN2CCC1CC2)c1cccc2oc(C3CCCC3)nc12. The van der Waals surface area contributed by atoms with Crippen LogP contribution in [0, 0.1) is 5.92 Å². The molecule has 0 radical (unpaired) electrons. The van der Waals surface area contributed by atoms with Gasteiger partial charge in [-0.2, -0.15) is 0 Å². The number of halogens is 1. The molecule has 2 bridgehead atoms. The number of nitrogens with zero attached hydrogens (tertiary/aromatic N) is 2. The fourth-order valence-electron chi connectivity index (χ4n) is 4.87. The molecule has 1 aliphatic carbocycles. The number of carbonyl (C=O) groups excluding carboxylic acids is 1. The second-order valence-electron chi connectivity index (χ2n) is 7.90. The molecule has 1 unspecified atom stereocenters. The number of piperidine rings is 3. The lowest BCUT2D eigenvalue weighted by Crippen LogP contribution is -2.57. The van der Waals surface area contributed by atoms with Gasteiger partial charge in [0.05, 0.1) is 5.56 Å². The number of aromatic nitrogens is 1. The summed E-state index contributed by atoms with van der Waals surface area (Å²) in [5.74, 6) is 1.86. The highest BCUT2D eigenvalue weighted by atomic mass is 35.5. The first-order valence-electron chi connectivity index (χ1n) is 9.70. The maximum absolute atomic E-state index is 12.9. The zero-order valence-corrected chi connectivity index (χ0v) is 15.8. The van der Waals surface area contributed by atoms with Crippen molar-refractivity contribution in [1.82, 2.24) is 15.2 Å². The van der Waals surface area contributed by atoms with E-state index in [4.69, 9.17) is 9.40 Å². The topological polar surface area (TPSA) is 58.4 Å². The Kier molecular flexibility index (Phi) is 4.93. The Morgan fingerprint density at radius 3 is 2.62 bits per heavy atom. The normalized spacial score (nSPS) is 28.2. The number of rotatable bonds is 3. The molecule has 2 aromatic rings. The Morgan fingerprint density at radius 1 is 1.15 bits per heavy atom. The number of fused-ring (bicyclic) bond motifs is 4. The van der Waals surface area contributed by atoms with E-state index in [2.05, 4.69) is 10.2 Å². The fourth-order valence-corrected chi connectivity index (χ4v) is 4.87. The second-order valence-corrected chi connectivity index (χ2v) is 7.90. The minimum absolute atomic E-state index is 0. The number of oxazole rings is 1. The van der Waals surface area contributed by atoms with Gasteiger partial charge in [-0.3, -0.25) is 4.79 Å². The summed E-state index contributed by atoms with van der Waals surface area (Å²) in [6.07, 6.45) is 7.18. The van der Waals surface area contributed by atoms with Crippen LogP contribution in [0.2, 0.25) is 0 Å². The number of benzene rings is 1. The molecule has 3 aliphatic heterocycles. The van der Waals surface area contributed by atoms with Gasteiger partial charge < -0.3 is 14.6 Å². The van der Waals surface area contributed by atoms with E-state index in [1.54, 1.807) is 0 Å². The Morgan fingerprint density at radius 2 is 1.92 bits per heavy atom. The van der Waals surface area contributed by atoms with E-state index in [1.807, 2.05) is 18.2 Å². The predicted octanol–water partition coefficient (Wildman–Crippen LogP) is 3.73. The van der Waals surface area contributed by atoms with E-state index >= 15 is 0 Å². The van der Waals surface area contributed by atoms with E-state index in [-0.39, 0.29) is 24.4 Å². The van der Waals surface area contributed by atoms with E-state index in [9.17, 15) is 4.79 Å². The minimum Gasteiger partial charge on any atom is -0.440 e. The van der Waals surface area contributed by atoms with Crippen LogP contribution in [-0.4, -0.2) is 41.5 Å². The van der Waals surface area contributed by atoms with Crippen LogP contribution < -0.4 is 5.32 Å². The molecular formula is C20H26ClN3O2. The van der Waals surface area contributed by atoms with E-state index < -0.39 is 0 Å². The average Bonchev–Trinajstić information content (AvgIpc) is 3.31. The highest BCUT2D eigenvalue weighted by Gasteiger charge is 2.35. The van der Waals surface area contributed by atoms with Gasteiger partial charge in [-0.25, -0.2) is 4.98 Å². The standard InChI is InChI=1S/C20H25N3O2.ClH/c24-19(21-16-12-23-10-8-13(16)9-11-23)15-6-3-7-17-18(15)22-20(25-17)14-4-1-2-5-14;/h3,6-7,13-14,16H,1-2,4-5,8-12H2,(H,21,24);1H. The fraction of sp³-hybridized carbons (Fsp3) is 0.600. The Bertz CT molecular complexity index is 791. The number of carbonyl (C=O) groups is 1. The summed E-state index contributed by atoms with van der Waals surface area (Å²) in [7, 11) is 0.